The second-order valence-electron chi connectivity index (χ2n) is 7.05. The summed E-state index contributed by atoms with van der Waals surface area (Å²) in [5, 5.41) is 2.60. The lowest BCUT2D eigenvalue weighted by molar-refractivity contribution is 0.102. The summed E-state index contributed by atoms with van der Waals surface area (Å²) in [6, 6.07) is 2.67. The maximum atomic E-state index is 14.4. The number of thiophene rings is 1. The minimum absolute atomic E-state index is 0.0336. The zero-order valence-corrected chi connectivity index (χ0v) is 15.9. The van der Waals surface area contributed by atoms with Crippen LogP contribution in [0.4, 0.5) is 14.5 Å². The molecule has 3 aromatic rings. The van der Waals surface area contributed by atoms with Crippen molar-refractivity contribution in [3.8, 4) is 0 Å². The summed E-state index contributed by atoms with van der Waals surface area (Å²) >= 11 is 1.19. The van der Waals surface area contributed by atoms with Gasteiger partial charge in [-0.3, -0.25) is 4.79 Å². The van der Waals surface area contributed by atoms with Crippen molar-refractivity contribution in [3.63, 3.8) is 0 Å². The summed E-state index contributed by atoms with van der Waals surface area (Å²) in [5.74, 6) is -1.34. The van der Waals surface area contributed by atoms with Gasteiger partial charge in [-0.2, -0.15) is 0 Å². The molecule has 1 amide bonds. The lowest BCUT2D eigenvalue weighted by Crippen LogP contribution is -2.28. The van der Waals surface area contributed by atoms with Gasteiger partial charge in [-0.1, -0.05) is 0 Å². The van der Waals surface area contributed by atoms with Gasteiger partial charge in [-0.25, -0.2) is 13.8 Å². The van der Waals surface area contributed by atoms with Crippen LogP contribution in [0.15, 0.2) is 24.5 Å². The van der Waals surface area contributed by atoms with Crippen molar-refractivity contribution in [3.05, 3.63) is 51.6 Å². The predicted molar refractivity (Wildman–Crippen MR) is 102 cm³/mol. The van der Waals surface area contributed by atoms with Gasteiger partial charge in [0.15, 0.2) is 11.5 Å². The quantitative estimate of drug-likeness (QED) is 0.734. The van der Waals surface area contributed by atoms with Gasteiger partial charge in [0.05, 0.1) is 11.4 Å². The smallest absolute Gasteiger partial charge is 0.268 e. The zero-order valence-electron chi connectivity index (χ0n) is 15.1. The molecule has 0 aliphatic carbocycles. The Bertz CT molecular complexity index is 1000. The standard InChI is InChI=1S/C19H20F2N4OS/c1-11-9-25-10-13(7-15(21)18(25)22-11)23-19(26)17-14(20)8-16(27-17)12-3-5-24(2)6-4-12/h7-10,12H,3-6H2,1-2H3,(H,23,26). The lowest BCUT2D eigenvalue weighted by atomic mass is 9.96. The van der Waals surface area contributed by atoms with Crippen LogP contribution in [0.2, 0.25) is 0 Å². The van der Waals surface area contributed by atoms with Crippen molar-refractivity contribution in [1.29, 1.82) is 0 Å². The van der Waals surface area contributed by atoms with E-state index in [1.807, 2.05) is 0 Å². The van der Waals surface area contributed by atoms with Gasteiger partial charge >= 0.3 is 0 Å². The first-order valence-corrected chi connectivity index (χ1v) is 9.66. The van der Waals surface area contributed by atoms with E-state index in [0.717, 1.165) is 30.8 Å². The minimum Gasteiger partial charge on any atom is -0.320 e. The number of nitrogens with zero attached hydrogens (tertiary/aromatic N) is 3. The van der Waals surface area contributed by atoms with Crippen molar-refractivity contribution in [2.24, 2.45) is 0 Å². The molecule has 1 N–H and O–H groups in total. The Kier molecular flexibility index (Phi) is 4.69. The number of imidazole rings is 1. The van der Waals surface area contributed by atoms with Crippen LogP contribution < -0.4 is 5.32 Å². The van der Waals surface area contributed by atoms with Gasteiger partial charge in [0.25, 0.3) is 5.91 Å². The molecule has 0 radical (unpaired) electrons. The van der Waals surface area contributed by atoms with Crippen LogP contribution in [-0.4, -0.2) is 40.3 Å². The second-order valence-corrected chi connectivity index (χ2v) is 8.13. The van der Waals surface area contributed by atoms with E-state index in [-0.39, 0.29) is 22.1 Å². The highest BCUT2D eigenvalue weighted by Gasteiger charge is 2.24. The summed E-state index contributed by atoms with van der Waals surface area (Å²) < 4.78 is 30.1. The maximum Gasteiger partial charge on any atom is 0.268 e. The molecule has 0 unspecified atom stereocenters. The molecular weight excluding hydrogens is 370 g/mol. The molecule has 4 heterocycles. The predicted octanol–water partition coefficient (Wildman–Crippen LogP) is 4.04. The molecule has 5 nitrogen and oxygen atoms in total. The van der Waals surface area contributed by atoms with Crippen LogP contribution in [-0.2, 0) is 0 Å². The largest absolute Gasteiger partial charge is 0.320 e. The van der Waals surface area contributed by atoms with Crippen LogP contribution >= 0.6 is 11.3 Å². The highest BCUT2D eigenvalue weighted by molar-refractivity contribution is 7.14. The van der Waals surface area contributed by atoms with Crippen molar-refractivity contribution in [1.82, 2.24) is 14.3 Å². The first-order chi connectivity index (χ1) is 12.9. The molecule has 0 bridgehead atoms. The number of hydrogen-bond acceptors (Lipinski definition) is 4. The highest BCUT2D eigenvalue weighted by atomic mass is 32.1. The molecule has 142 valence electrons. The number of anilines is 1. The van der Waals surface area contributed by atoms with E-state index in [1.54, 1.807) is 19.3 Å². The van der Waals surface area contributed by atoms with Crippen molar-refractivity contribution in [2.45, 2.75) is 25.7 Å². The molecule has 27 heavy (non-hydrogen) atoms. The number of amides is 1. The third kappa shape index (κ3) is 3.59. The first kappa shape index (κ1) is 18.1. The SMILES string of the molecule is Cc1cn2cc(NC(=O)c3sc(C4CCN(C)CC4)cc3F)cc(F)c2n1. The number of piperidine rings is 1. The third-order valence-electron chi connectivity index (χ3n) is 4.92. The number of aryl methyl sites for hydroxylation is 1. The van der Waals surface area contributed by atoms with E-state index in [1.165, 1.54) is 27.9 Å². The molecule has 0 atom stereocenters. The van der Waals surface area contributed by atoms with Crippen LogP contribution in [0.5, 0.6) is 0 Å². The van der Waals surface area contributed by atoms with Crippen LogP contribution in [0.1, 0.15) is 39.0 Å². The zero-order chi connectivity index (χ0) is 19.1. The minimum atomic E-state index is -0.563. The number of hydrogen-bond donors (Lipinski definition) is 1. The van der Waals surface area contributed by atoms with Crippen LogP contribution in [0.25, 0.3) is 5.65 Å². The molecule has 0 aromatic carbocycles. The van der Waals surface area contributed by atoms with Crippen LogP contribution in [0, 0.1) is 18.6 Å². The number of carbonyl (C=O) groups is 1. The number of aromatic nitrogens is 2. The van der Waals surface area contributed by atoms with Gasteiger partial charge in [-0.05, 0) is 51.9 Å². The number of pyridine rings is 1. The Hall–Kier alpha value is -2.32. The molecule has 0 saturated carbocycles. The monoisotopic (exact) mass is 390 g/mol. The van der Waals surface area contributed by atoms with E-state index in [2.05, 4.69) is 22.2 Å². The summed E-state index contributed by atoms with van der Waals surface area (Å²) in [6.07, 6.45) is 5.15. The van der Waals surface area contributed by atoms with Gasteiger partial charge in [0.2, 0.25) is 0 Å². The Morgan fingerprint density at radius 1 is 1.22 bits per heavy atom. The molecule has 1 aliphatic heterocycles. The maximum absolute atomic E-state index is 14.4. The van der Waals surface area contributed by atoms with Gasteiger partial charge < -0.3 is 14.6 Å². The Morgan fingerprint density at radius 3 is 2.70 bits per heavy atom. The topological polar surface area (TPSA) is 49.6 Å². The average Bonchev–Trinajstić information content (AvgIpc) is 3.18. The molecule has 0 spiro atoms. The summed E-state index contributed by atoms with van der Waals surface area (Å²) in [7, 11) is 2.07. The Balaban J connectivity index is 1.55. The lowest BCUT2D eigenvalue weighted by Gasteiger charge is -2.28. The third-order valence-corrected chi connectivity index (χ3v) is 6.19. The number of carbonyl (C=O) groups excluding carboxylic acids is 1. The van der Waals surface area contributed by atoms with E-state index in [0.29, 0.717) is 5.69 Å². The van der Waals surface area contributed by atoms with E-state index in [9.17, 15) is 13.6 Å². The molecule has 3 aromatic heterocycles. The van der Waals surface area contributed by atoms with Gasteiger partial charge in [-0.15, -0.1) is 11.3 Å². The van der Waals surface area contributed by atoms with Crippen molar-refractivity contribution >= 4 is 28.6 Å². The first-order valence-electron chi connectivity index (χ1n) is 8.84. The molecular formula is C19H20F2N4OS. The average molecular weight is 390 g/mol. The number of halogens is 2. The van der Waals surface area contributed by atoms with Crippen molar-refractivity contribution in [2.75, 3.05) is 25.5 Å². The van der Waals surface area contributed by atoms with Crippen molar-refractivity contribution < 1.29 is 13.6 Å². The summed E-state index contributed by atoms with van der Waals surface area (Å²) in [6.45, 7) is 3.70. The second kappa shape index (κ2) is 7.01. The van der Waals surface area contributed by atoms with E-state index in [4.69, 9.17) is 0 Å². The fraction of sp³-hybridized carbons (Fsp3) is 0.368. The number of nitrogens with one attached hydrogen (secondary N) is 1. The normalized spacial score (nSPS) is 16.1. The summed E-state index contributed by atoms with van der Waals surface area (Å²) in [4.78, 5) is 19.8. The van der Waals surface area contributed by atoms with Gasteiger partial charge in [0, 0.05) is 23.3 Å². The van der Waals surface area contributed by atoms with E-state index < -0.39 is 17.5 Å². The molecule has 1 fully saturated rings. The van der Waals surface area contributed by atoms with Gasteiger partial charge in [0.1, 0.15) is 10.7 Å². The summed E-state index contributed by atoms with van der Waals surface area (Å²) in [5.41, 5.74) is 1.12. The Morgan fingerprint density at radius 2 is 1.96 bits per heavy atom. The molecule has 1 aliphatic rings. The molecule has 8 heteroatoms. The molecule has 1 saturated heterocycles. The fourth-order valence-corrected chi connectivity index (χ4v) is 4.57. The number of rotatable bonds is 3. The highest BCUT2D eigenvalue weighted by Crippen LogP contribution is 2.34. The number of fused-ring (bicyclic) bond motifs is 1. The van der Waals surface area contributed by atoms with E-state index >= 15 is 0 Å². The van der Waals surface area contributed by atoms with Crippen LogP contribution in [0.3, 0.4) is 0 Å². The molecule has 4 rings (SSSR count). The number of likely N-dealkylation sites (tertiary alicyclic amines) is 1. The fourth-order valence-electron chi connectivity index (χ4n) is 3.47. The Labute approximate surface area is 159 Å².